The van der Waals surface area contributed by atoms with Crippen LogP contribution in [0.5, 0.6) is 0 Å². The summed E-state index contributed by atoms with van der Waals surface area (Å²) in [5.41, 5.74) is 18.3. The maximum absolute atomic E-state index is 11.7. The lowest BCUT2D eigenvalue weighted by atomic mass is 9.81. The van der Waals surface area contributed by atoms with Gasteiger partial charge in [-0.1, -0.05) is 114 Å². The third-order valence-corrected chi connectivity index (χ3v) is 12.2. The molecule has 0 spiro atoms. The van der Waals surface area contributed by atoms with Crippen molar-refractivity contribution in [2.75, 3.05) is 6.61 Å². The van der Waals surface area contributed by atoms with Crippen molar-refractivity contribution in [2.45, 2.75) is 58.0 Å². The molecule has 2 aliphatic rings. The van der Waals surface area contributed by atoms with Crippen molar-refractivity contribution in [1.29, 1.82) is 0 Å². The minimum Gasteiger partial charge on any atom is -0.463 e. The van der Waals surface area contributed by atoms with Crippen LogP contribution in [0.2, 0.25) is 0 Å². The third kappa shape index (κ3) is 6.09. The molecular weight excluding hydrogens is 705 g/mol. The average molecular weight is 749 g/mol. The van der Waals surface area contributed by atoms with Crippen molar-refractivity contribution in [1.82, 2.24) is 0 Å². The molecule has 5 heteroatoms. The summed E-state index contributed by atoms with van der Waals surface area (Å²) in [5.74, 6) is -0.800. The van der Waals surface area contributed by atoms with Crippen molar-refractivity contribution in [3.8, 4) is 44.5 Å². The highest BCUT2D eigenvalue weighted by molar-refractivity contribution is 6.08. The van der Waals surface area contributed by atoms with Gasteiger partial charge in [0.05, 0.1) is 6.61 Å². The Morgan fingerprint density at radius 3 is 1.49 bits per heavy atom. The molecule has 0 N–H and O–H groups in total. The van der Waals surface area contributed by atoms with E-state index in [1.807, 2.05) is 6.07 Å². The Morgan fingerprint density at radius 2 is 0.965 bits per heavy atom. The quantitative estimate of drug-likeness (QED) is 0.0791. The SMILES string of the molecule is C=CC(=O)OCCCc1ccc2c(c1)C(C)(C)c1cc(-c3ccc4oc5ccc(-c6ccc7c(c6)C(C)(C)c6cc(COC(=O)C=C)ccc6-7)cc5c4c3)ccc1-2. The third-order valence-electron chi connectivity index (χ3n) is 12.2. The maximum atomic E-state index is 11.7. The summed E-state index contributed by atoms with van der Waals surface area (Å²) in [6.07, 6.45) is 4.01. The van der Waals surface area contributed by atoms with Gasteiger partial charge in [0, 0.05) is 33.8 Å². The fourth-order valence-corrected chi connectivity index (χ4v) is 9.03. The molecule has 6 aromatic carbocycles. The van der Waals surface area contributed by atoms with E-state index in [4.69, 9.17) is 13.9 Å². The van der Waals surface area contributed by atoms with Gasteiger partial charge < -0.3 is 13.9 Å². The number of ether oxygens (including phenoxy) is 2. The molecule has 1 aromatic heterocycles. The number of hydrogen-bond donors (Lipinski definition) is 0. The smallest absolute Gasteiger partial charge is 0.330 e. The number of aryl methyl sites for hydroxylation is 1. The Kier molecular flexibility index (Phi) is 8.65. The van der Waals surface area contributed by atoms with Gasteiger partial charge in [-0.2, -0.15) is 0 Å². The largest absolute Gasteiger partial charge is 0.463 e. The summed E-state index contributed by atoms with van der Waals surface area (Å²) in [6, 6.07) is 39.8. The van der Waals surface area contributed by atoms with Crippen LogP contribution in [-0.4, -0.2) is 18.5 Å². The molecule has 0 bridgehead atoms. The van der Waals surface area contributed by atoms with Crippen LogP contribution in [0, 0.1) is 0 Å². The van der Waals surface area contributed by atoms with E-state index in [2.05, 4.69) is 144 Å². The van der Waals surface area contributed by atoms with Crippen LogP contribution in [0.1, 0.15) is 67.5 Å². The molecule has 282 valence electrons. The van der Waals surface area contributed by atoms with Crippen LogP contribution in [0.3, 0.4) is 0 Å². The lowest BCUT2D eigenvalue weighted by Gasteiger charge is -2.22. The molecule has 1 heterocycles. The molecule has 0 aliphatic heterocycles. The van der Waals surface area contributed by atoms with Crippen LogP contribution in [0.15, 0.2) is 139 Å². The van der Waals surface area contributed by atoms with E-state index in [9.17, 15) is 9.59 Å². The number of carbonyl (C=O) groups excluding carboxylic acids is 2. The molecule has 0 saturated heterocycles. The summed E-state index contributed by atoms with van der Waals surface area (Å²) >= 11 is 0. The molecule has 0 radical (unpaired) electrons. The van der Waals surface area contributed by atoms with Crippen LogP contribution in [-0.2, 0) is 42.9 Å². The molecule has 9 rings (SSSR count). The van der Waals surface area contributed by atoms with Gasteiger partial charge in [-0.05, 0) is 127 Å². The van der Waals surface area contributed by atoms with E-state index in [0.29, 0.717) is 6.61 Å². The number of hydrogen-bond acceptors (Lipinski definition) is 5. The minimum atomic E-state index is -0.421. The van der Waals surface area contributed by atoms with Crippen LogP contribution >= 0.6 is 0 Å². The topological polar surface area (TPSA) is 65.7 Å². The van der Waals surface area contributed by atoms with Crippen LogP contribution < -0.4 is 0 Å². The van der Waals surface area contributed by atoms with E-state index in [1.54, 1.807) is 0 Å². The van der Waals surface area contributed by atoms with E-state index in [1.165, 1.54) is 67.8 Å². The molecule has 0 saturated carbocycles. The second-order valence-electron chi connectivity index (χ2n) is 16.3. The van der Waals surface area contributed by atoms with E-state index in [0.717, 1.165) is 57.0 Å². The Labute approximate surface area is 333 Å². The standard InChI is InChI=1S/C52H44O5/c1-7-49(53)55-23-9-10-31-11-17-37-39-19-13-35(28-45(39)51(3,4)43(37)24-31)33-15-21-47-41(26-33)42-27-34(16-22-48(42)57-47)36-14-20-40-38-18-12-32(30-56-50(54)8-2)25-44(38)52(5,6)46(40)29-36/h7-8,11-22,24-29H,1-2,9-10,23,30H2,3-6H3. The van der Waals surface area contributed by atoms with Crippen molar-refractivity contribution in [3.05, 3.63) is 168 Å². The van der Waals surface area contributed by atoms with Crippen molar-refractivity contribution < 1.29 is 23.5 Å². The summed E-state index contributed by atoms with van der Waals surface area (Å²) < 4.78 is 16.9. The van der Waals surface area contributed by atoms with Crippen molar-refractivity contribution >= 4 is 33.9 Å². The zero-order chi connectivity index (χ0) is 39.6. The highest BCUT2D eigenvalue weighted by Gasteiger charge is 2.37. The first-order valence-corrected chi connectivity index (χ1v) is 19.6. The number of fused-ring (bicyclic) bond motifs is 9. The lowest BCUT2D eigenvalue weighted by molar-refractivity contribution is -0.139. The molecule has 0 amide bonds. The molecule has 7 aromatic rings. The number of furan rings is 1. The molecule has 0 unspecified atom stereocenters. The zero-order valence-corrected chi connectivity index (χ0v) is 32.8. The highest BCUT2D eigenvalue weighted by Crippen LogP contribution is 2.52. The van der Waals surface area contributed by atoms with E-state index in [-0.39, 0.29) is 23.4 Å². The lowest BCUT2D eigenvalue weighted by Crippen LogP contribution is -2.15. The first-order valence-electron chi connectivity index (χ1n) is 19.6. The van der Waals surface area contributed by atoms with Gasteiger partial charge in [0.15, 0.2) is 0 Å². The second kappa shape index (κ2) is 13.6. The molecule has 2 aliphatic carbocycles. The van der Waals surface area contributed by atoms with Crippen molar-refractivity contribution in [3.63, 3.8) is 0 Å². The molecule has 0 atom stereocenters. The summed E-state index contributed by atoms with van der Waals surface area (Å²) in [4.78, 5) is 23.2. The molecule has 57 heavy (non-hydrogen) atoms. The Bertz CT molecular complexity index is 2830. The number of benzene rings is 6. The van der Waals surface area contributed by atoms with Gasteiger partial charge in [-0.25, -0.2) is 9.59 Å². The summed E-state index contributed by atoms with van der Waals surface area (Å²) in [6.45, 7) is 16.7. The molecule has 5 nitrogen and oxygen atoms in total. The summed E-state index contributed by atoms with van der Waals surface area (Å²) in [7, 11) is 0. The van der Waals surface area contributed by atoms with Gasteiger partial charge in [0.25, 0.3) is 0 Å². The second-order valence-corrected chi connectivity index (χ2v) is 16.3. The normalized spacial score (nSPS) is 14.1. The Morgan fingerprint density at radius 1 is 0.544 bits per heavy atom. The van der Waals surface area contributed by atoms with Gasteiger partial charge in [0.2, 0.25) is 0 Å². The number of esters is 2. The first-order chi connectivity index (χ1) is 27.5. The first kappa shape index (κ1) is 36.2. The van der Waals surface area contributed by atoms with Crippen LogP contribution in [0.25, 0.3) is 66.4 Å². The Hall–Kier alpha value is -6.46. The average Bonchev–Trinajstić information content (AvgIpc) is 3.79. The fraction of sp³-hybridized carbons (Fsp3) is 0.192. The van der Waals surface area contributed by atoms with Gasteiger partial charge in [0.1, 0.15) is 17.8 Å². The van der Waals surface area contributed by atoms with E-state index < -0.39 is 5.97 Å². The molecular formula is C52H44O5. The maximum Gasteiger partial charge on any atom is 0.330 e. The van der Waals surface area contributed by atoms with E-state index >= 15 is 0 Å². The number of rotatable bonds is 10. The summed E-state index contributed by atoms with van der Waals surface area (Å²) in [5, 5.41) is 2.18. The highest BCUT2D eigenvalue weighted by atomic mass is 16.5. The Balaban J connectivity index is 1.01. The van der Waals surface area contributed by atoms with Crippen LogP contribution in [0.4, 0.5) is 0 Å². The molecule has 0 fully saturated rings. The minimum absolute atomic E-state index is 0.165. The van der Waals surface area contributed by atoms with Gasteiger partial charge in [-0.15, -0.1) is 0 Å². The fourth-order valence-electron chi connectivity index (χ4n) is 9.03. The van der Waals surface area contributed by atoms with Crippen molar-refractivity contribution in [2.24, 2.45) is 0 Å². The number of carbonyl (C=O) groups is 2. The van der Waals surface area contributed by atoms with Gasteiger partial charge in [-0.3, -0.25) is 0 Å². The predicted octanol–water partition coefficient (Wildman–Crippen LogP) is 12.4. The van der Waals surface area contributed by atoms with Gasteiger partial charge >= 0.3 is 11.9 Å². The zero-order valence-electron chi connectivity index (χ0n) is 32.8. The predicted molar refractivity (Wildman–Crippen MR) is 229 cm³/mol. The monoisotopic (exact) mass is 748 g/mol.